The van der Waals surface area contributed by atoms with E-state index in [9.17, 15) is 9.90 Å². The Balaban J connectivity index is 1.73. The molecule has 1 aliphatic carbocycles. The molecule has 0 spiro atoms. The molecule has 2 aliphatic rings. The number of carbonyl (C=O) groups is 1. The molecule has 2 rings (SSSR count). The second-order valence-electron chi connectivity index (χ2n) is 6.93. The van der Waals surface area contributed by atoms with Crippen LogP contribution in [0.3, 0.4) is 0 Å². The maximum absolute atomic E-state index is 12.3. The molecular formula is C16H30N2O2. The highest BCUT2D eigenvalue weighted by Gasteiger charge is 2.38. The molecule has 1 saturated heterocycles. The number of carbonyl (C=O) groups excluding carboxylic acids is 1. The zero-order chi connectivity index (χ0) is 14.6. The Morgan fingerprint density at radius 3 is 2.65 bits per heavy atom. The summed E-state index contributed by atoms with van der Waals surface area (Å²) in [6, 6.07) is 0.580. The first-order valence-corrected chi connectivity index (χ1v) is 8.11. The Kier molecular flexibility index (Phi) is 5.44. The van der Waals surface area contributed by atoms with E-state index in [2.05, 4.69) is 11.9 Å². The first-order chi connectivity index (χ1) is 9.56. The molecule has 1 saturated carbocycles. The summed E-state index contributed by atoms with van der Waals surface area (Å²) in [5.74, 6) is 0.240. The molecule has 0 aromatic rings. The van der Waals surface area contributed by atoms with Crippen LogP contribution in [-0.2, 0) is 4.79 Å². The number of aliphatic hydroxyl groups excluding tert-OH is 1. The lowest BCUT2D eigenvalue weighted by Gasteiger charge is -2.43. The minimum Gasteiger partial charge on any atom is -0.396 e. The van der Waals surface area contributed by atoms with Crippen LogP contribution in [0.5, 0.6) is 0 Å². The van der Waals surface area contributed by atoms with Crippen molar-refractivity contribution in [1.82, 2.24) is 9.80 Å². The molecule has 1 heterocycles. The van der Waals surface area contributed by atoms with Crippen molar-refractivity contribution in [3.63, 3.8) is 0 Å². The summed E-state index contributed by atoms with van der Waals surface area (Å²) in [7, 11) is 4.07. The fourth-order valence-electron chi connectivity index (χ4n) is 3.62. The van der Waals surface area contributed by atoms with Gasteiger partial charge >= 0.3 is 0 Å². The smallest absolute Gasteiger partial charge is 0.222 e. The second kappa shape index (κ2) is 6.90. The average molecular weight is 282 g/mol. The highest BCUT2D eigenvalue weighted by atomic mass is 16.3. The number of hydrogen-bond acceptors (Lipinski definition) is 3. The third kappa shape index (κ3) is 3.73. The molecule has 0 unspecified atom stereocenters. The lowest BCUT2D eigenvalue weighted by Crippen LogP contribution is -2.45. The summed E-state index contributed by atoms with van der Waals surface area (Å²) < 4.78 is 0. The van der Waals surface area contributed by atoms with E-state index in [0.717, 1.165) is 25.8 Å². The SMILES string of the molecule is CN(CC1(CO)CCC1)C(=O)CC[C@@H]1CCCCN1C. The van der Waals surface area contributed by atoms with Crippen molar-refractivity contribution in [2.24, 2.45) is 5.41 Å². The predicted octanol–water partition coefficient (Wildman–Crippen LogP) is 1.87. The molecule has 116 valence electrons. The lowest BCUT2D eigenvalue weighted by atomic mass is 9.69. The molecule has 4 heteroatoms. The molecule has 0 aromatic carbocycles. The molecule has 4 nitrogen and oxygen atoms in total. The van der Waals surface area contributed by atoms with Gasteiger partial charge in [0, 0.05) is 31.5 Å². The van der Waals surface area contributed by atoms with E-state index in [0.29, 0.717) is 12.5 Å². The minimum atomic E-state index is 0.00599. The quantitative estimate of drug-likeness (QED) is 0.809. The van der Waals surface area contributed by atoms with E-state index in [1.54, 1.807) is 0 Å². The summed E-state index contributed by atoms with van der Waals surface area (Å²) in [5, 5.41) is 9.49. The highest BCUT2D eigenvalue weighted by Crippen LogP contribution is 2.40. The van der Waals surface area contributed by atoms with Crippen LogP contribution in [0, 0.1) is 5.41 Å². The Hall–Kier alpha value is -0.610. The van der Waals surface area contributed by atoms with Gasteiger partial charge in [-0.2, -0.15) is 0 Å². The van der Waals surface area contributed by atoms with Crippen LogP contribution in [0.15, 0.2) is 0 Å². The van der Waals surface area contributed by atoms with Crippen LogP contribution in [-0.4, -0.2) is 60.6 Å². The molecule has 0 radical (unpaired) electrons. The van der Waals surface area contributed by atoms with Crippen LogP contribution >= 0.6 is 0 Å². The predicted molar refractivity (Wildman–Crippen MR) is 80.5 cm³/mol. The van der Waals surface area contributed by atoms with Crippen LogP contribution in [0.25, 0.3) is 0 Å². The van der Waals surface area contributed by atoms with E-state index in [4.69, 9.17) is 0 Å². The Morgan fingerprint density at radius 1 is 1.35 bits per heavy atom. The third-order valence-corrected chi connectivity index (χ3v) is 5.36. The van der Waals surface area contributed by atoms with Gasteiger partial charge in [0.15, 0.2) is 0 Å². The van der Waals surface area contributed by atoms with Crippen LogP contribution in [0.4, 0.5) is 0 Å². The maximum atomic E-state index is 12.3. The number of likely N-dealkylation sites (tertiary alicyclic amines) is 1. The molecule has 20 heavy (non-hydrogen) atoms. The van der Waals surface area contributed by atoms with Gasteiger partial charge < -0.3 is 14.9 Å². The van der Waals surface area contributed by atoms with E-state index >= 15 is 0 Å². The van der Waals surface area contributed by atoms with Crippen LogP contribution in [0.2, 0.25) is 0 Å². The van der Waals surface area contributed by atoms with E-state index in [1.807, 2.05) is 11.9 Å². The number of hydrogen-bond donors (Lipinski definition) is 1. The fraction of sp³-hybridized carbons (Fsp3) is 0.938. The number of aliphatic hydroxyl groups is 1. The third-order valence-electron chi connectivity index (χ3n) is 5.36. The second-order valence-corrected chi connectivity index (χ2v) is 6.93. The van der Waals surface area contributed by atoms with Gasteiger partial charge in [-0.15, -0.1) is 0 Å². The van der Waals surface area contributed by atoms with Crippen molar-refractivity contribution in [3.8, 4) is 0 Å². The van der Waals surface area contributed by atoms with Crippen molar-refractivity contribution in [3.05, 3.63) is 0 Å². The van der Waals surface area contributed by atoms with Crippen molar-refractivity contribution in [2.45, 2.75) is 57.4 Å². The Labute approximate surface area is 123 Å². The molecule has 0 aromatic heterocycles. The summed E-state index contributed by atoms with van der Waals surface area (Å²) in [5.41, 5.74) is 0.00599. The van der Waals surface area contributed by atoms with Crippen molar-refractivity contribution in [2.75, 3.05) is 33.8 Å². The molecule has 1 atom stereocenters. The first kappa shape index (κ1) is 15.8. The normalized spacial score (nSPS) is 26.1. The summed E-state index contributed by atoms with van der Waals surface area (Å²) in [4.78, 5) is 16.5. The summed E-state index contributed by atoms with van der Waals surface area (Å²) in [6.45, 7) is 2.11. The topological polar surface area (TPSA) is 43.8 Å². The molecule has 2 fully saturated rings. The van der Waals surface area contributed by atoms with Gasteiger partial charge in [0.1, 0.15) is 0 Å². The van der Waals surface area contributed by atoms with Gasteiger partial charge in [-0.25, -0.2) is 0 Å². The first-order valence-electron chi connectivity index (χ1n) is 8.11. The minimum absolute atomic E-state index is 0.00599. The van der Waals surface area contributed by atoms with Gasteiger partial charge in [-0.3, -0.25) is 4.79 Å². The molecule has 1 N–H and O–H groups in total. The van der Waals surface area contributed by atoms with Gasteiger partial charge in [-0.1, -0.05) is 12.8 Å². The highest BCUT2D eigenvalue weighted by molar-refractivity contribution is 5.75. The molecule has 1 aliphatic heterocycles. The Bertz CT molecular complexity index is 323. The zero-order valence-electron chi connectivity index (χ0n) is 13.1. The van der Waals surface area contributed by atoms with Crippen molar-refractivity contribution >= 4 is 5.91 Å². The number of piperidine rings is 1. The number of amides is 1. The number of rotatable bonds is 6. The molecule has 0 bridgehead atoms. The fourth-order valence-corrected chi connectivity index (χ4v) is 3.62. The van der Waals surface area contributed by atoms with E-state index < -0.39 is 0 Å². The largest absolute Gasteiger partial charge is 0.396 e. The monoisotopic (exact) mass is 282 g/mol. The maximum Gasteiger partial charge on any atom is 0.222 e. The summed E-state index contributed by atoms with van der Waals surface area (Å²) >= 11 is 0. The van der Waals surface area contributed by atoms with Crippen molar-refractivity contribution < 1.29 is 9.90 Å². The van der Waals surface area contributed by atoms with E-state index in [-0.39, 0.29) is 17.9 Å². The zero-order valence-corrected chi connectivity index (χ0v) is 13.1. The molecule has 1 amide bonds. The van der Waals surface area contributed by atoms with Crippen LogP contribution < -0.4 is 0 Å². The average Bonchev–Trinajstić information content (AvgIpc) is 2.41. The Morgan fingerprint density at radius 2 is 2.10 bits per heavy atom. The van der Waals surface area contributed by atoms with Crippen molar-refractivity contribution in [1.29, 1.82) is 0 Å². The summed E-state index contributed by atoms with van der Waals surface area (Å²) in [6.07, 6.45) is 8.76. The van der Waals surface area contributed by atoms with Crippen LogP contribution in [0.1, 0.15) is 51.4 Å². The number of nitrogens with zero attached hydrogens (tertiary/aromatic N) is 2. The van der Waals surface area contributed by atoms with Gasteiger partial charge in [0.25, 0.3) is 0 Å². The van der Waals surface area contributed by atoms with Gasteiger partial charge in [0.2, 0.25) is 5.91 Å². The standard InChI is InChI=1S/C16H30N2O2/c1-17-11-4-3-6-14(17)7-8-15(20)18(2)12-16(13-19)9-5-10-16/h14,19H,3-13H2,1-2H3/t14-/m0/s1. The van der Waals surface area contributed by atoms with E-state index in [1.165, 1.54) is 32.2 Å². The lowest BCUT2D eigenvalue weighted by molar-refractivity contribution is -0.133. The molecular weight excluding hydrogens is 252 g/mol. The van der Waals surface area contributed by atoms with Gasteiger partial charge in [-0.05, 0) is 45.7 Å². The van der Waals surface area contributed by atoms with Gasteiger partial charge in [0.05, 0.1) is 6.61 Å².